The molecule has 0 aromatic heterocycles. The minimum atomic E-state index is -0.352. The van der Waals surface area contributed by atoms with E-state index in [2.05, 4.69) is 10.6 Å². The van der Waals surface area contributed by atoms with Gasteiger partial charge in [0.05, 0.1) is 13.2 Å². The van der Waals surface area contributed by atoms with Gasteiger partial charge in [0.1, 0.15) is 11.6 Å². The molecule has 2 amide bonds. The van der Waals surface area contributed by atoms with E-state index in [4.69, 9.17) is 16.3 Å². The van der Waals surface area contributed by atoms with Crippen molar-refractivity contribution in [3.05, 3.63) is 64.9 Å². The maximum absolute atomic E-state index is 12.8. The number of amides is 2. The molecule has 0 aliphatic carbocycles. The van der Waals surface area contributed by atoms with Crippen molar-refractivity contribution in [1.29, 1.82) is 0 Å². The number of ether oxygens (including phenoxy) is 1. The second-order valence-corrected chi connectivity index (χ2v) is 5.99. The van der Waals surface area contributed by atoms with Crippen LogP contribution >= 0.6 is 11.6 Å². The molecular formula is C19H20ClFN2O3. The molecule has 0 saturated carbocycles. The predicted molar refractivity (Wildman–Crippen MR) is 97.9 cm³/mol. The molecule has 0 aliphatic heterocycles. The maximum Gasteiger partial charge on any atom is 0.251 e. The number of hydrogen-bond donors (Lipinski definition) is 2. The third-order valence-electron chi connectivity index (χ3n) is 3.47. The van der Waals surface area contributed by atoms with Crippen LogP contribution in [0.3, 0.4) is 0 Å². The lowest BCUT2D eigenvalue weighted by molar-refractivity contribution is -0.120. The van der Waals surface area contributed by atoms with Gasteiger partial charge in [-0.1, -0.05) is 17.7 Å². The molecule has 138 valence electrons. The summed E-state index contributed by atoms with van der Waals surface area (Å²) in [6.45, 7) is 0.864. The highest BCUT2D eigenvalue weighted by Crippen LogP contribution is 2.11. The Morgan fingerprint density at radius 1 is 1.04 bits per heavy atom. The van der Waals surface area contributed by atoms with Crippen LogP contribution in [-0.2, 0) is 4.79 Å². The highest BCUT2D eigenvalue weighted by Gasteiger charge is 2.08. The minimum Gasteiger partial charge on any atom is -0.494 e. The molecule has 0 aliphatic rings. The lowest BCUT2D eigenvalue weighted by Crippen LogP contribution is -2.37. The van der Waals surface area contributed by atoms with Crippen molar-refractivity contribution in [1.82, 2.24) is 10.6 Å². The van der Waals surface area contributed by atoms with E-state index in [9.17, 15) is 14.0 Å². The van der Waals surface area contributed by atoms with Crippen molar-refractivity contribution in [3.8, 4) is 5.75 Å². The van der Waals surface area contributed by atoms with Gasteiger partial charge < -0.3 is 15.4 Å². The van der Waals surface area contributed by atoms with E-state index in [0.29, 0.717) is 29.5 Å². The molecule has 26 heavy (non-hydrogen) atoms. The Morgan fingerprint density at radius 2 is 1.81 bits per heavy atom. The van der Waals surface area contributed by atoms with Gasteiger partial charge in [0.15, 0.2) is 0 Å². The van der Waals surface area contributed by atoms with E-state index in [1.807, 2.05) is 0 Å². The summed E-state index contributed by atoms with van der Waals surface area (Å²) < 4.78 is 18.2. The summed E-state index contributed by atoms with van der Waals surface area (Å²) in [5.41, 5.74) is 0.406. The largest absolute Gasteiger partial charge is 0.494 e. The average Bonchev–Trinajstić information content (AvgIpc) is 2.64. The topological polar surface area (TPSA) is 67.4 Å². The standard InChI is InChI=1S/C19H20ClFN2O3/c20-15-5-3-4-14(12-15)19(25)23-13-18(24)22-10-1-2-11-26-17-8-6-16(21)7-9-17/h3-9,12H,1-2,10-11,13H2,(H,22,24)(H,23,25). The SMILES string of the molecule is O=C(CNC(=O)c1cccc(Cl)c1)NCCCCOc1ccc(F)cc1. The number of carbonyl (C=O) groups is 2. The van der Waals surface area contributed by atoms with Crippen molar-refractivity contribution < 1.29 is 18.7 Å². The number of rotatable bonds is 9. The van der Waals surface area contributed by atoms with Crippen LogP contribution in [0.1, 0.15) is 23.2 Å². The van der Waals surface area contributed by atoms with Crippen molar-refractivity contribution in [2.24, 2.45) is 0 Å². The van der Waals surface area contributed by atoms with Gasteiger partial charge in [0.2, 0.25) is 5.91 Å². The molecule has 2 rings (SSSR count). The molecule has 2 aromatic rings. The number of halogens is 2. The number of unbranched alkanes of at least 4 members (excludes halogenated alkanes) is 1. The predicted octanol–water partition coefficient (Wildman–Crippen LogP) is 3.18. The number of benzene rings is 2. The van der Waals surface area contributed by atoms with Crippen LogP contribution in [0.4, 0.5) is 4.39 Å². The summed E-state index contributed by atoms with van der Waals surface area (Å²) in [4.78, 5) is 23.6. The quantitative estimate of drug-likeness (QED) is 0.658. The smallest absolute Gasteiger partial charge is 0.251 e. The fraction of sp³-hybridized carbons (Fsp3) is 0.263. The molecule has 0 atom stereocenters. The Labute approximate surface area is 156 Å². The van der Waals surface area contributed by atoms with Crippen molar-refractivity contribution in [2.75, 3.05) is 19.7 Å². The lowest BCUT2D eigenvalue weighted by Gasteiger charge is -2.08. The molecule has 0 unspecified atom stereocenters. The summed E-state index contributed by atoms with van der Waals surface area (Å²) in [5, 5.41) is 5.72. The van der Waals surface area contributed by atoms with Crippen LogP contribution in [0.2, 0.25) is 5.02 Å². The van der Waals surface area contributed by atoms with Gasteiger partial charge in [-0.15, -0.1) is 0 Å². The van der Waals surface area contributed by atoms with Gasteiger partial charge >= 0.3 is 0 Å². The van der Waals surface area contributed by atoms with Gasteiger partial charge in [0.25, 0.3) is 5.91 Å². The Kier molecular flexibility index (Phi) is 7.89. The molecule has 0 fully saturated rings. The maximum atomic E-state index is 12.8. The highest BCUT2D eigenvalue weighted by atomic mass is 35.5. The van der Waals surface area contributed by atoms with Crippen LogP contribution in [0.25, 0.3) is 0 Å². The molecule has 2 aromatic carbocycles. The molecule has 0 heterocycles. The zero-order chi connectivity index (χ0) is 18.8. The zero-order valence-electron chi connectivity index (χ0n) is 14.1. The van der Waals surface area contributed by atoms with E-state index < -0.39 is 0 Å². The molecule has 5 nitrogen and oxygen atoms in total. The first-order valence-electron chi connectivity index (χ1n) is 8.23. The Balaban J connectivity index is 1.54. The van der Waals surface area contributed by atoms with Crippen LogP contribution in [0.15, 0.2) is 48.5 Å². The summed E-state index contributed by atoms with van der Waals surface area (Å²) in [5.74, 6) is -0.308. The van der Waals surface area contributed by atoms with Gasteiger partial charge in [-0.2, -0.15) is 0 Å². The fourth-order valence-electron chi connectivity index (χ4n) is 2.13. The van der Waals surface area contributed by atoms with E-state index in [1.54, 1.807) is 30.3 Å². The summed E-state index contributed by atoms with van der Waals surface area (Å²) >= 11 is 5.82. The first-order chi connectivity index (χ1) is 12.5. The van der Waals surface area contributed by atoms with E-state index >= 15 is 0 Å². The highest BCUT2D eigenvalue weighted by molar-refractivity contribution is 6.30. The molecule has 0 saturated heterocycles. The Bertz CT molecular complexity index is 738. The van der Waals surface area contributed by atoms with Gasteiger partial charge in [-0.05, 0) is 55.3 Å². The normalized spacial score (nSPS) is 10.2. The molecule has 0 radical (unpaired) electrons. The van der Waals surface area contributed by atoms with Crippen LogP contribution in [-0.4, -0.2) is 31.5 Å². The fourth-order valence-corrected chi connectivity index (χ4v) is 2.32. The number of nitrogens with one attached hydrogen (secondary N) is 2. The zero-order valence-corrected chi connectivity index (χ0v) is 14.9. The van der Waals surface area contributed by atoms with E-state index in [0.717, 1.165) is 12.8 Å². The summed E-state index contributed by atoms with van der Waals surface area (Å²) in [6.07, 6.45) is 1.47. The summed E-state index contributed by atoms with van der Waals surface area (Å²) in [6, 6.07) is 12.3. The van der Waals surface area contributed by atoms with Gasteiger partial charge in [0, 0.05) is 17.1 Å². The van der Waals surface area contributed by atoms with E-state index in [1.165, 1.54) is 18.2 Å². The van der Waals surface area contributed by atoms with Gasteiger partial charge in [-0.3, -0.25) is 9.59 Å². The monoisotopic (exact) mass is 378 g/mol. The molecule has 7 heteroatoms. The lowest BCUT2D eigenvalue weighted by atomic mass is 10.2. The summed E-state index contributed by atoms with van der Waals surface area (Å²) in [7, 11) is 0. The Hall–Kier alpha value is -2.60. The molecule has 2 N–H and O–H groups in total. The first-order valence-corrected chi connectivity index (χ1v) is 8.61. The second-order valence-electron chi connectivity index (χ2n) is 5.55. The van der Waals surface area contributed by atoms with Gasteiger partial charge in [-0.25, -0.2) is 4.39 Å². The van der Waals surface area contributed by atoms with Crippen molar-refractivity contribution >= 4 is 23.4 Å². The average molecular weight is 379 g/mol. The Morgan fingerprint density at radius 3 is 2.54 bits per heavy atom. The molecule has 0 bridgehead atoms. The number of hydrogen-bond acceptors (Lipinski definition) is 3. The third-order valence-corrected chi connectivity index (χ3v) is 3.71. The minimum absolute atomic E-state index is 0.0998. The van der Waals surface area contributed by atoms with Crippen LogP contribution < -0.4 is 15.4 Å². The van der Waals surface area contributed by atoms with E-state index in [-0.39, 0.29) is 24.2 Å². The van der Waals surface area contributed by atoms with Crippen molar-refractivity contribution in [3.63, 3.8) is 0 Å². The van der Waals surface area contributed by atoms with Crippen molar-refractivity contribution in [2.45, 2.75) is 12.8 Å². The van der Waals surface area contributed by atoms with Crippen LogP contribution in [0.5, 0.6) is 5.75 Å². The number of carbonyl (C=O) groups excluding carboxylic acids is 2. The third kappa shape index (κ3) is 7.11. The molecule has 0 spiro atoms. The second kappa shape index (κ2) is 10.4. The molecular weight excluding hydrogens is 359 g/mol. The first kappa shape index (κ1) is 19.7. The van der Waals surface area contributed by atoms with Crippen LogP contribution in [0, 0.1) is 5.82 Å².